The van der Waals surface area contributed by atoms with Gasteiger partial charge >= 0.3 is 6.03 Å². The van der Waals surface area contributed by atoms with E-state index in [0.29, 0.717) is 46.8 Å². The van der Waals surface area contributed by atoms with Crippen LogP contribution in [0.4, 0.5) is 21.9 Å². The quantitative estimate of drug-likeness (QED) is 0.174. The highest BCUT2D eigenvalue weighted by molar-refractivity contribution is 6.32. The molecule has 6 heterocycles. The normalized spacial score (nSPS) is 17.5. The fourth-order valence-corrected chi connectivity index (χ4v) is 7.19. The van der Waals surface area contributed by atoms with Crippen LogP contribution in [0.15, 0.2) is 61.2 Å². The van der Waals surface area contributed by atoms with Crippen LogP contribution in [-0.4, -0.2) is 84.0 Å². The number of amides is 4. The summed E-state index contributed by atoms with van der Waals surface area (Å²) >= 11 is 12.7. The number of aromatic nitrogens is 7. The predicted octanol–water partition coefficient (Wildman–Crippen LogP) is 5.09. The summed E-state index contributed by atoms with van der Waals surface area (Å²) in [5.41, 5.74) is 4.17. The Kier molecular flexibility index (Phi) is 9.84. The van der Waals surface area contributed by atoms with Gasteiger partial charge in [0.25, 0.3) is 0 Å². The van der Waals surface area contributed by atoms with Crippen molar-refractivity contribution in [2.75, 3.05) is 42.2 Å². The molecule has 4 aromatic heterocycles. The number of rotatable bonds is 9. The largest absolute Gasteiger partial charge is 0.372 e. The summed E-state index contributed by atoms with van der Waals surface area (Å²) in [5, 5.41) is 21.3. The van der Waals surface area contributed by atoms with Crippen LogP contribution < -0.4 is 20.9 Å². The summed E-state index contributed by atoms with van der Waals surface area (Å²) < 4.78 is 1.67. The maximum atomic E-state index is 13.2. The van der Waals surface area contributed by atoms with Gasteiger partial charge in [-0.3, -0.25) is 19.8 Å². The van der Waals surface area contributed by atoms with Crippen molar-refractivity contribution in [3.05, 3.63) is 82.6 Å². The number of carbonyl (C=O) groups excluding carboxylic acids is 3. The molecule has 7 rings (SSSR count). The van der Waals surface area contributed by atoms with E-state index >= 15 is 0 Å². The average molecular weight is 732 g/mol. The van der Waals surface area contributed by atoms with E-state index in [4.69, 9.17) is 23.2 Å². The van der Waals surface area contributed by atoms with Gasteiger partial charge in [-0.2, -0.15) is 15.3 Å². The molecule has 15 nitrogen and oxygen atoms in total. The Bertz CT molecular complexity index is 2080. The third-order valence-corrected chi connectivity index (χ3v) is 9.98. The Morgan fingerprint density at radius 3 is 2.57 bits per heavy atom. The predicted molar refractivity (Wildman–Crippen MR) is 192 cm³/mol. The minimum atomic E-state index is -0.512. The van der Waals surface area contributed by atoms with Gasteiger partial charge in [-0.25, -0.2) is 19.3 Å². The van der Waals surface area contributed by atoms with Gasteiger partial charge in [0, 0.05) is 37.8 Å². The van der Waals surface area contributed by atoms with E-state index in [1.807, 2.05) is 12.1 Å². The highest BCUT2D eigenvalue weighted by Gasteiger charge is 2.30. The number of anilines is 3. The monoisotopic (exact) mass is 730 g/mol. The van der Waals surface area contributed by atoms with E-state index in [0.717, 1.165) is 49.4 Å². The third-order valence-electron chi connectivity index (χ3n) is 9.52. The van der Waals surface area contributed by atoms with Crippen molar-refractivity contribution in [2.45, 2.75) is 44.6 Å². The zero-order chi connectivity index (χ0) is 35.6. The van der Waals surface area contributed by atoms with Crippen molar-refractivity contribution in [2.24, 2.45) is 5.92 Å². The third kappa shape index (κ3) is 7.50. The van der Waals surface area contributed by atoms with Gasteiger partial charge < -0.3 is 15.5 Å². The van der Waals surface area contributed by atoms with Crippen molar-refractivity contribution in [1.82, 2.24) is 44.8 Å². The van der Waals surface area contributed by atoms with E-state index in [1.54, 1.807) is 22.8 Å². The first-order valence-electron chi connectivity index (χ1n) is 16.7. The highest BCUT2D eigenvalue weighted by Crippen LogP contribution is 2.33. The van der Waals surface area contributed by atoms with Crippen LogP contribution in [0.3, 0.4) is 0 Å². The Morgan fingerprint density at radius 2 is 1.82 bits per heavy atom. The van der Waals surface area contributed by atoms with Crippen LogP contribution in [0.5, 0.6) is 0 Å². The number of benzene rings is 1. The average Bonchev–Trinajstić information content (AvgIpc) is 3.78. The Labute approximate surface area is 303 Å². The van der Waals surface area contributed by atoms with Crippen LogP contribution in [0.25, 0.3) is 11.5 Å². The highest BCUT2D eigenvalue weighted by atomic mass is 35.5. The lowest BCUT2D eigenvalue weighted by molar-refractivity contribution is -0.134. The van der Waals surface area contributed by atoms with Crippen LogP contribution >= 0.6 is 23.2 Å². The molecule has 4 amide bonds. The molecule has 51 heavy (non-hydrogen) atoms. The second-order valence-corrected chi connectivity index (χ2v) is 13.7. The second-order valence-electron chi connectivity index (χ2n) is 12.9. The maximum absolute atomic E-state index is 13.2. The molecule has 2 atom stereocenters. The molecule has 264 valence electrons. The minimum Gasteiger partial charge on any atom is -0.372 e. The fraction of sp³-hybridized carbons (Fsp3) is 0.353. The lowest BCUT2D eigenvalue weighted by Crippen LogP contribution is -2.40. The number of urea groups is 1. The molecule has 0 spiro atoms. The summed E-state index contributed by atoms with van der Waals surface area (Å²) in [5.74, 6) is 0.0282. The van der Waals surface area contributed by atoms with Crippen LogP contribution in [0.2, 0.25) is 10.2 Å². The standard InChI is InChI=1S/C34H36Cl2N12O3/c1-20(45(2)19-21-8-12-46(13-9-21)24-5-3-4-22(14-24)25-6-7-30(49)43-33(25)50)31-27(18-37-29-16-28(36)44-47(29)31)42-34(51)41-23-15-26(35)32(38-17-23)48-39-10-11-40-48/h3-5,10-11,14-18,20-21,25H,6-9,12-13,19H2,1-2H3,(H2,41,42,51)(H,43,49,50)/t20-,25?/m1/s1. The number of hydrogen-bond acceptors (Lipinski definition) is 10. The number of piperidine rings is 2. The number of nitrogens with zero attached hydrogens (tertiary/aromatic N) is 9. The zero-order valence-corrected chi connectivity index (χ0v) is 29.5. The van der Waals surface area contributed by atoms with Crippen molar-refractivity contribution >= 4 is 63.8 Å². The number of carbonyl (C=O) groups is 3. The molecule has 0 radical (unpaired) electrons. The van der Waals surface area contributed by atoms with Crippen molar-refractivity contribution < 1.29 is 14.4 Å². The summed E-state index contributed by atoms with van der Waals surface area (Å²) in [7, 11) is 2.06. The van der Waals surface area contributed by atoms with Crippen LogP contribution in [0, 0.1) is 5.92 Å². The van der Waals surface area contributed by atoms with Gasteiger partial charge in [0.2, 0.25) is 11.8 Å². The number of imide groups is 1. The molecule has 2 aliphatic heterocycles. The molecule has 2 saturated heterocycles. The Morgan fingerprint density at radius 1 is 1.04 bits per heavy atom. The van der Waals surface area contributed by atoms with E-state index in [9.17, 15) is 14.4 Å². The van der Waals surface area contributed by atoms with E-state index < -0.39 is 6.03 Å². The van der Waals surface area contributed by atoms with E-state index in [2.05, 4.69) is 77.1 Å². The smallest absolute Gasteiger partial charge is 0.323 e. The molecule has 1 unspecified atom stereocenters. The lowest BCUT2D eigenvalue weighted by atomic mass is 9.90. The summed E-state index contributed by atoms with van der Waals surface area (Å²) in [6.45, 7) is 4.64. The van der Waals surface area contributed by atoms with Crippen molar-refractivity contribution in [3.63, 3.8) is 0 Å². The fourth-order valence-electron chi connectivity index (χ4n) is 6.78. The van der Waals surface area contributed by atoms with Gasteiger partial charge in [0.15, 0.2) is 16.6 Å². The number of nitrogens with one attached hydrogen (secondary N) is 3. The van der Waals surface area contributed by atoms with Gasteiger partial charge in [-0.1, -0.05) is 35.3 Å². The molecule has 0 bridgehead atoms. The van der Waals surface area contributed by atoms with Crippen LogP contribution in [0.1, 0.15) is 55.8 Å². The first-order valence-corrected chi connectivity index (χ1v) is 17.4. The number of pyridine rings is 1. The molecule has 5 aromatic rings. The first-order chi connectivity index (χ1) is 24.6. The molecule has 0 aliphatic carbocycles. The molecule has 2 fully saturated rings. The number of fused-ring (bicyclic) bond motifs is 1. The maximum Gasteiger partial charge on any atom is 0.323 e. The number of halogens is 2. The van der Waals surface area contributed by atoms with E-state index in [-0.39, 0.29) is 28.8 Å². The Hall–Kier alpha value is -5.12. The van der Waals surface area contributed by atoms with Crippen LogP contribution in [-0.2, 0) is 9.59 Å². The molecule has 17 heteroatoms. The zero-order valence-electron chi connectivity index (χ0n) is 28.0. The summed E-state index contributed by atoms with van der Waals surface area (Å²) in [6, 6.07) is 10.7. The minimum absolute atomic E-state index is 0.179. The molecule has 2 aliphatic rings. The van der Waals surface area contributed by atoms with Gasteiger partial charge in [-0.05, 0) is 62.9 Å². The van der Waals surface area contributed by atoms with Crippen molar-refractivity contribution in [1.29, 1.82) is 0 Å². The van der Waals surface area contributed by atoms with E-state index in [1.165, 1.54) is 23.4 Å². The summed E-state index contributed by atoms with van der Waals surface area (Å²) in [4.78, 5) is 52.0. The Balaban J connectivity index is 1.01. The molecule has 3 N–H and O–H groups in total. The molecular formula is C34H36Cl2N12O3. The molecule has 1 aromatic carbocycles. The second kappa shape index (κ2) is 14.6. The summed E-state index contributed by atoms with van der Waals surface area (Å²) in [6.07, 6.45) is 8.96. The molecular weight excluding hydrogens is 695 g/mol. The number of hydrogen-bond donors (Lipinski definition) is 3. The SMILES string of the molecule is C[C@H](c1c(NC(=O)Nc2cnc(-n3nccn3)c(Cl)c2)cnc2cc(Cl)nn12)N(C)CC1CCN(c2cccc(C3CCC(=O)NC3=O)c2)CC1. The topological polar surface area (TPSA) is 168 Å². The van der Waals surface area contributed by atoms with Gasteiger partial charge in [-0.15, -0.1) is 4.80 Å². The van der Waals surface area contributed by atoms with Crippen molar-refractivity contribution in [3.8, 4) is 5.82 Å². The first kappa shape index (κ1) is 34.3. The van der Waals surface area contributed by atoms with Gasteiger partial charge in [0.1, 0.15) is 0 Å². The lowest BCUT2D eigenvalue weighted by Gasteiger charge is -2.37. The van der Waals surface area contributed by atoms with Gasteiger partial charge in [0.05, 0.1) is 58.8 Å². The molecule has 0 saturated carbocycles.